The molecule has 4 aromatic rings. The fraction of sp³-hybridized carbons (Fsp3) is 0.192. The van der Waals surface area contributed by atoms with E-state index in [4.69, 9.17) is 11.6 Å². The number of rotatable bonds is 5. The summed E-state index contributed by atoms with van der Waals surface area (Å²) in [7, 11) is 0. The van der Waals surface area contributed by atoms with Crippen molar-refractivity contribution in [2.75, 3.05) is 36.4 Å². The van der Waals surface area contributed by atoms with E-state index in [1.165, 1.54) is 0 Å². The first kappa shape index (κ1) is 22.0. The quantitative estimate of drug-likeness (QED) is 0.451. The molecule has 3 aromatic carbocycles. The van der Waals surface area contributed by atoms with E-state index >= 15 is 0 Å². The van der Waals surface area contributed by atoms with E-state index in [9.17, 15) is 9.59 Å². The number of anilines is 2. The Bertz CT molecular complexity index is 1330. The molecule has 5 rings (SSSR count). The maximum atomic E-state index is 12.8. The highest BCUT2D eigenvalue weighted by Crippen LogP contribution is 2.26. The van der Waals surface area contributed by atoms with Crippen molar-refractivity contribution in [2.24, 2.45) is 0 Å². The Morgan fingerprint density at radius 1 is 0.971 bits per heavy atom. The number of aromatic nitrogens is 2. The van der Waals surface area contributed by atoms with Crippen molar-refractivity contribution in [1.82, 2.24) is 14.9 Å². The van der Waals surface area contributed by atoms with Gasteiger partial charge in [0.15, 0.2) is 0 Å². The number of carbonyl (C=O) groups is 2. The molecule has 8 heteroatoms. The van der Waals surface area contributed by atoms with Crippen molar-refractivity contribution in [3.63, 3.8) is 0 Å². The van der Waals surface area contributed by atoms with Crippen LogP contribution in [0.15, 0.2) is 73.1 Å². The van der Waals surface area contributed by atoms with E-state index in [2.05, 4.69) is 20.2 Å². The summed E-state index contributed by atoms with van der Waals surface area (Å²) in [5, 5.41) is 3.63. The van der Waals surface area contributed by atoms with Crippen molar-refractivity contribution in [2.45, 2.75) is 6.42 Å². The van der Waals surface area contributed by atoms with Crippen LogP contribution in [0, 0.1) is 0 Å². The van der Waals surface area contributed by atoms with Gasteiger partial charge >= 0.3 is 0 Å². The van der Waals surface area contributed by atoms with Crippen LogP contribution in [-0.4, -0.2) is 52.9 Å². The van der Waals surface area contributed by atoms with E-state index in [0.717, 1.165) is 40.4 Å². The summed E-state index contributed by atoms with van der Waals surface area (Å²) >= 11 is 6.31. The van der Waals surface area contributed by atoms with Crippen LogP contribution in [0.5, 0.6) is 0 Å². The van der Waals surface area contributed by atoms with Crippen LogP contribution in [0.1, 0.15) is 15.9 Å². The summed E-state index contributed by atoms with van der Waals surface area (Å²) in [6.07, 6.45) is 1.93. The zero-order valence-electron chi connectivity index (χ0n) is 18.5. The molecule has 172 valence electrons. The third-order valence-electron chi connectivity index (χ3n) is 6.08. The standard InChI is InChI=1S/C26H24ClN5O2/c27-21-3-1-2-4-24(21)31-11-13-32(14-12-31)25(33)15-18-5-8-20(9-6-18)30-26(34)19-7-10-22-23(16-19)29-17-28-22/h1-10,16-17H,11-15H2,(H,28,29)(H,30,34). The number of halogens is 1. The molecule has 1 saturated heterocycles. The maximum Gasteiger partial charge on any atom is 0.255 e. The average Bonchev–Trinajstić information content (AvgIpc) is 3.34. The summed E-state index contributed by atoms with van der Waals surface area (Å²) in [6.45, 7) is 2.84. The molecular formula is C26H24ClN5O2. The van der Waals surface area contributed by atoms with Gasteiger partial charge in [0.05, 0.1) is 34.5 Å². The van der Waals surface area contributed by atoms with Gasteiger partial charge in [-0.05, 0) is 48.0 Å². The number of imidazole rings is 1. The van der Waals surface area contributed by atoms with Gasteiger partial charge in [-0.1, -0.05) is 35.9 Å². The van der Waals surface area contributed by atoms with Gasteiger partial charge in [-0.2, -0.15) is 0 Å². The molecule has 1 aromatic heterocycles. The normalized spacial score (nSPS) is 13.8. The molecule has 34 heavy (non-hydrogen) atoms. The lowest BCUT2D eigenvalue weighted by Crippen LogP contribution is -2.49. The molecule has 1 aliphatic heterocycles. The van der Waals surface area contributed by atoms with Gasteiger partial charge in [0.25, 0.3) is 5.91 Å². The third-order valence-corrected chi connectivity index (χ3v) is 6.40. The number of nitrogens with one attached hydrogen (secondary N) is 2. The van der Waals surface area contributed by atoms with Crippen LogP contribution in [0.2, 0.25) is 5.02 Å². The average molecular weight is 474 g/mol. The molecule has 0 spiro atoms. The van der Waals surface area contributed by atoms with Gasteiger partial charge in [0.1, 0.15) is 0 Å². The molecular weight excluding hydrogens is 450 g/mol. The lowest BCUT2D eigenvalue weighted by atomic mass is 10.1. The highest BCUT2D eigenvalue weighted by atomic mass is 35.5. The van der Waals surface area contributed by atoms with Gasteiger partial charge in [-0.15, -0.1) is 0 Å². The topological polar surface area (TPSA) is 81.3 Å². The summed E-state index contributed by atoms with van der Waals surface area (Å²) < 4.78 is 0. The van der Waals surface area contributed by atoms with E-state index < -0.39 is 0 Å². The fourth-order valence-electron chi connectivity index (χ4n) is 4.17. The van der Waals surface area contributed by atoms with Crippen LogP contribution in [0.3, 0.4) is 0 Å². The Morgan fingerprint density at radius 2 is 1.74 bits per heavy atom. The minimum absolute atomic E-state index is 0.0999. The number of hydrogen-bond donors (Lipinski definition) is 2. The van der Waals surface area contributed by atoms with Gasteiger partial charge in [-0.25, -0.2) is 4.98 Å². The Balaban J connectivity index is 1.15. The van der Waals surface area contributed by atoms with Gasteiger partial charge < -0.3 is 20.1 Å². The molecule has 0 bridgehead atoms. The van der Waals surface area contributed by atoms with E-state index in [1.807, 2.05) is 59.5 Å². The number of amides is 2. The highest BCUT2D eigenvalue weighted by molar-refractivity contribution is 6.33. The van der Waals surface area contributed by atoms with Gasteiger partial charge in [0.2, 0.25) is 5.91 Å². The van der Waals surface area contributed by atoms with Crippen LogP contribution < -0.4 is 10.2 Å². The molecule has 2 N–H and O–H groups in total. The SMILES string of the molecule is O=C(Nc1ccc(CC(=O)N2CCN(c3ccccc3Cl)CC2)cc1)c1ccc2[nH]cnc2c1. The number of aromatic amines is 1. The first-order valence-corrected chi connectivity index (χ1v) is 11.6. The number of carbonyl (C=O) groups excluding carboxylic acids is 2. The fourth-order valence-corrected chi connectivity index (χ4v) is 4.43. The van der Waals surface area contributed by atoms with Crippen molar-refractivity contribution < 1.29 is 9.59 Å². The van der Waals surface area contributed by atoms with Crippen molar-refractivity contribution in [1.29, 1.82) is 0 Å². The second-order valence-electron chi connectivity index (χ2n) is 8.28. The summed E-state index contributed by atoms with van der Waals surface area (Å²) in [5.74, 6) is -0.104. The first-order chi connectivity index (χ1) is 16.6. The highest BCUT2D eigenvalue weighted by Gasteiger charge is 2.22. The monoisotopic (exact) mass is 473 g/mol. The number of fused-ring (bicyclic) bond motifs is 1. The second-order valence-corrected chi connectivity index (χ2v) is 8.69. The van der Waals surface area contributed by atoms with Crippen molar-refractivity contribution >= 4 is 45.8 Å². The minimum atomic E-state index is -0.204. The van der Waals surface area contributed by atoms with E-state index in [1.54, 1.807) is 18.5 Å². The van der Waals surface area contributed by atoms with Crippen LogP contribution in [-0.2, 0) is 11.2 Å². The van der Waals surface area contributed by atoms with Crippen LogP contribution in [0.4, 0.5) is 11.4 Å². The van der Waals surface area contributed by atoms with E-state index in [0.29, 0.717) is 30.8 Å². The molecule has 2 amide bonds. The predicted octanol–water partition coefficient (Wildman–Crippen LogP) is 4.36. The number of piperazine rings is 1. The van der Waals surface area contributed by atoms with Crippen molar-refractivity contribution in [3.8, 4) is 0 Å². The number of benzene rings is 3. The van der Waals surface area contributed by atoms with Crippen LogP contribution in [0.25, 0.3) is 11.0 Å². The summed E-state index contributed by atoms with van der Waals surface area (Å²) in [4.78, 5) is 36.7. The Morgan fingerprint density at radius 3 is 2.50 bits per heavy atom. The second kappa shape index (κ2) is 9.57. The largest absolute Gasteiger partial charge is 0.367 e. The molecule has 0 aliphatic carbocycles. The predicted molar refractivity (Wildman–Crippen MR) is 134 cm³/mol. The molecule has 0 saturated carbocycles. The minimum Gasteiger partial charge on any atom is -0.367 e. The Labute approximate surface area is 202 Å². The summed E-state index contributed by atoms with van der Waals surface area (Å²) in [5.41, 5.74) is 4.77. The van der Waals surface area contributed by atoms with Gasteiger partial charge in [-0.3, -0.25) is 9.59 Å². The molecule has 0 atom stereocenters. The maximum absolute atomic E-state index is 12.8. The number of H-pyrrole nitrogens is 1. The third kappa shape index (κ3) is 4.75. The molecule has 2 heterocycles. The summed E-state index contributed by atoms with van der Waals surface area (Å²) in [6, 6.07) is 20.5. The molecule has 7 nitrogen and oxygen atoms in total. The van der Waals surface area contributed by atoms with Crippen LogP contribution >= 0.6 is 11.6 Å². The molecule has 1 fully saturated rings. The zero-order valence-corrected chi connectivity index (χ0v) is 19.3. The number of nitrogens with zero attached hydrogens (tertiary/aromatic N) is 3. The van der Waals surface area contributed by atoms with Crippen molar-refractivity contribution in [3.05, 3.63) is 89.2 Å². The molecule has 1 aliphatic rings. The Hall–Kier alpha value is -3.84. The number of hydrogen-bond acceptors (Lipinski definition) is 4. The Kier molecular flexibility index (Phi) is 6.18. The molecule has 0 radical (unpaired) electrons. The van der Waals surface area contributed by atoms with E-state index in [-0.39, 0.29) is 11.8 Å². The molecule has 0 unspecified atom stereocenters. The lowest BCUT2D eigenvalue weighted by molar-refractivity contribution is -0.130. The van der Waals surface area contributed by atoms with Gasteiger partial charge in [0, 0.05) is 37.4 Å². The zero-order chi connectivity index (χ0) is 23.5. The first-order valence-electron chi connectivity index (χ1n) is 11.2. The number of para-hydroxylation sites is 1. The lowest BCUT2D eigenvalue weighted by Gasteiger charge is -2.36. The smallest absolute Gasteiger partial charge is 0.255 e.